The van der Waals surface area contributed by atoms with Crippen molar-refractivity contribution in [2.24, 2.45) is 0 Å². The highest BCUT2D eigenvalue weighted by atomic mass is 16.6. The Labute approximate surface area is 122 Å². The van der Waals surface area contributed by atoms with Gasteiger partial charge in [0.15, 0.2) is 11.5 Å². The average molecular weight is 282 g/mol. The first-order valence-electron chi connectivity index (χ1n) is 6.60. The van der Waals surface area contributed by atoms with Crippen LogP contribution in [0.4, 0.5) is 5.69 Å². The zero-order chi connectivity index (χ0) is 14.5. The second-order valence-electron chi connectivity index (χ2n) is 4.46. The lowest BCUT2D eigenvalue weighted by molar-refractivity contribution is -0.111. The molecular formula is C16H14N2O3. The molecule has 5 heteroatoms. The number of pyridine rings is 1. The monoisotopic (exact) mass is 282 g/mol. The maximum Gasteiger partial charge on any atom is 0.248 e. The summed E-state index contributed by atoms with van der Waals surface area (Å²) in [4.78, 5) is 15.8. The molecule has 1 aromatic carbocycles. The van der Waals surface area contributed by atoms with E-state index in [-0.39, 0.29) is 5.91 Å². The van der Waals surface area contributed by atoms with Crippen LogP contribution in [0.5, 0.6) is 11.5 Å². The number of carbonyl (C=O) groups excluding carboxylic acids is 1. The van der Waals surface area contributed by atoms with Gasteiger partial charge in [0.25, 0.3) is 0 Å². The molecule has 1 N–H and O–H groups in total. The molecule has 106 valence electrons. The summed E-state index contributed by atoms with van der Waals surface area (Å²) in [5, 5.41) is 2.79. The summed E-state index contributed by atoms with van der Waals surface area (Å²) >= 11 is 0. The molecule has 2 heterocycles. The first kappa shape index (κ1) is 13.2. The Hall–Kier alpha value is -2.82. The van der Waals surface area contributed by atoms with Gasteiger partial charge >= 0.3 is 0 Å². The first-order valence-corrected chi connectivity index (χ1v) is 6.60. The minimum atomic E-state index is -0.205. The maximum absolute atomic E-state index is 11.9. The number of amides is 1. The molecule has 0 saturated heterocycles. The van der Waals surface area contributed by atoms with E-state index in [1.54, 1.807) is 36.7 Å². The quantitative estimate of drug-likeness (QED) is 0.879. The predicted octanol–water partition coefficient (Wildman–Crippen LogP) is 2.50. The molecule has 1 amide bonds. The number of nitrogens with zero attached hydrogens (tertiary/aromatic N) is 1. The van der Waals surface area contributed by atoms with Gasteiger partial charge in [-0.3, -0.25) is 9.78 Å². The summed E-state index contributed by atoms with van der Waals surface area (Å²) in [5.41, 5.74) is 1.59. The Morgan fingerprint density at radius 2 is 1.86 bits per heavy atom. The van der Waals surface area contributed by atoms with Crippen LogP contribution in [-0.2, 0) is 4.79 Å². The van der Waals surface area contributed by atoms with Gasteiger partial charge in [0.1, 0.15) is 13.2 Å². The van der Waals surface area contributed by atoms with Crippen LogP contribution in [0, 0.1) is 0 Å². The molecule has 1 aliphatic heterocycles. The van der Waals surface area contributed by atoms with E-state index in [0.29, 0.717) is 30.4 Å². The number of aromatic nitrogens is 1. The van der Waals surface area contributed by atoms with E-state index in [4.69, 9.17) is 9.47 Å². The van der Waals surface area contributed by atoms with E-state index in [1.165, 1.54) is 6.08 Å². The molecule has 0 spiro atoms. The zero-order valence-corrected chi connectivity index (χ0v) is 11.3. The molecule has 0 radical (unpaired) electrons. The summed E-state index contributed by atoms with van der Waals surface area (Å²) in [6.07, 6.45) is 6.57. The minimum Gasteiger partial charge on any atom is -0.486 e. The largest absolute Gasteiger partial charge is 0.486 e. The van der Waals surface area contributed by atoms with Crippen LogP contribution in [0.15, 0.2) is 48.8 Å². The van der Waals surface area contributed by atoms with E-state index >= 15 is 0 Å². The van der Waals surface area contributed by atoms with Gasteiger partial charge in [0, 0.05) is 30.2 Å². The molecule has 0 bridgehead atoms. The van der Waals surface area contributed by atoms with Gasteiger partial charge < -0.3 is 14.8 Å². The van der Waals surface area contributed by atoms with E-state index in [2.05, 4.69) is 10.3 Å². The Balaban J connectivity index is 1.66. The summed E-state index contributed by atoms with van der Waals surface area (Å²) in [7, 11) is 0. The van der Waals surface area contributed by atoms with E-state index in [1.807, 2.05) is 12.1 Å². The second kappa shape index (κ2) is 6.09. The zero-order valence-electron chi connectivity index (χ0n) is 11.3. The third-order valence-corrected chi connectivity index (χ3v) is 2.94. The van der Waals surface area contributed by atoms with Gasteiger partial charge in [-0.2, -0.15) is 0 Å². The number of rotatable bonds is 3. The lowest BCUT2D eigenvalue weighted by atomic mass is 10.2. The average Bonchev–Trinajstić information content (AvgIpc) is 2.54. The highest BCUT2D eigenvalue weighted by molar-refractivity contribution is 6.02. The van der Waals surface area contributed by atoms with Crippen molar-refractivity contribution in [1.29, 1.82) is 0 Å². The summed E-state index contributed by atoms with van der Waals surface area (Å²) in [6.45, 7) is 1.07. The van der Waals surface area contributed by atoms with E-state index < -0.39 is 0 Å². The summed E-state index contributed by atoms with van der Waals surface area (Å²) < 4.78 is 10.9. The summed E-state index contributed by atoms with van der Waals surface area (Å²) in [6, 6.07) is 8.98. The normalized spacial score (nSPS) is 13.1. The Morgan fingerprint density at radius 3 is 2.67 bits per heavy atom. The number of benzene rings is 1. The van der Waals surface area contributed by atoms with Gasteiger partial charge in [-0.1, -0.05) is 0 Å². The molecule has 2 aromatic rings. The van der Waals surface area contributed by atoms with Crippen molar-refractivity contribution in [2.45, 2.75) is 0 Å². The van der Waals surface area contributed by atoms with Crippen LogP contribution in [0.25, 0.3) is 6.08 Å². The van der Waals surface area contributed by atoms with Gasteiger partial charge in [-0.25, -0.2) is 0 Å². The van der Waals surface area contributed by atoms with Crippen molar-refractivity contribution in [1.82, 2.24) is 4.98 Å². The lowest BCUT2D eigenvalue weighted by Gasteiger charge is -2.18. The number of carbonyl (C=O) groups is 1. The predicted molar refractivity (Wildman–Crippen MR) is 79.3 cm³/mol. The van der Waals surface area contributed by atoms with Crippen molar-refractivity contribution < 1.29 is 14.3 Å². The van der Waals surface area contributed by atoms with Gasteiger partial charge in [0.05, 0.1) is 0 Å². The molecule has 0 unspecified atom stereocenters. The topological polar surface area (TPSA) is 60.5 Å². The number of nitrogens with one attached hydrogen (secondary N) is 1. The molecule has 0 aliphatic carbocycles. The van der Waals surface area contributed by atoms with Crippen LogP contribution < -0.4 is 14.8 Å². The molecule has 0 fully saturated rings. The van der Waals surface area contributed by atoms with Gasteiger partial charge in [-0.15, -0.1) is 0 Å². The second-order valence-corrected chi connectivity index (χ2v) is 4.46. The Kier molecular flexibility index (Phi) is 3.82. The fourth-order valence-corrected chi connectivity index (χ4v) is 1.95. The minimum absolute atomic E-state index is 0.205. The molecule has 0 saturated carbocycles. The molecule has 1 aromatic heterocycles. The Bertz CT molecular complexity index is 668. The molecule has 0 atom stereocenters. The van der Waals surface area contributed by atoms with Crippen molar-refractivity contribution >= 4 is 17.7 Å². The van der Waals surface area contributed by atoms with Crippen LogP contribution in [0.3, 0.4) is 0 Å². The van der Waals surface area contributed by atoms with Gasteiger partial charge in [0.2, 0.25) is 5.91 Å². The van der Waals surface area contributed by atoms with Gasteiger partial charge in [-0.05, 0) is 35.9 Å². The molecule has 21 heavy (non-hydrogen) atoms. The smallest absolute Gasteiger partial charge is 0.248 e. The highest BCUT2D eigenvalue weighted by Gasteiger charge is 2.12. The number of hydrogen-bond acceptors (Lipinski definition) is 4. The summed E-state index contributed by atoms with van der Waals surface area (Å²) in [5.74, 6) is 1.15. The van der Waals surface area contributed by atoms with Crippen LogP contribution in [-0.4, -0.2) is 24.1 Å². The fraction of sp³-hybridized carbons (Fsp3) is 0.125. The van der Waals surface area contributed by atoms with Crippen LogP contribution in [0.2, 0.25) is 0 Å². The molecule has 1 aliphatic rings. The third-order valence-electron chi connectivity index (χ3n) is 2.94. The van der Waals surface area contributed by atoms with Crippen molar-refractivity contribution in [3.05, 3.63) is 54.4 Å². The van der Waals surface area contributed by atoms with Crippen LogP contribution >= 0.6 is 0 Å². The Morgan fingerprint density at radius 1 is 1.10 bits per heavy atom. The molecular weight excluding hydrogens is 268 g/mol. The number of anilines is 1. The lowest BCUT2D eigenvalue weighted by Crippen LogP contribution is -2.16. The van der Waals surface area contributed by atoms with Crippen molar-refractivity contribution in [3.8, 4) is 11.5 Å². The number of ether oxygens (including phenoxy) is 2. The van der Waals surface area contributed by atoms with Crippen molar-refractivity contribution in [3.63, 3.8) is 0 Å². The standard InChI is InChI=1S/C16H14N2O3/c19-16(4-1-12-5-7-17-8-6-12)18-13-2-3-14-15(11-13)21-10-9-20-14/h1-8,11H,9-10H2,(H,18,19)/b4-1+. The first-order chi connectivity index (χ1) is 10.3. The molecule has 3 rings (SSSR count). The maximum atomic E-state index is 11.9. The van der Waals surface area contributed by atoms with Crippen molar-refractivity contribution in [2.75, 3.05) is 18.5 Å². The van der Waals surface area contributed by atoms with Crippen LogP contribution in [0.1, 0.15) is 5.56 Å². The van der Waals surface area contributed by atoms with E-state index in [0.717, 1.165) is 5.56 Å². The number of hydrogen-bond donors (Lipinski definition) is 1. The fourth-order valence-electron chi connectivity index (χ4n) is 1.95. The van der Waals surface area contributed by atoms with E-state index in [9.17, 15) is 4.79 Å². The third kappa shape index (κ3) is 3.39. The SMILES string of the molecule is O=C(/C=C/c1ccncc1)Nc1ccc2c(c1)OCCO2. The number of fused-ring (bicyclic) bond motifs is 1. The highest BCUT2D eigenvalue weighted by Crippen LogP contribution is 2.32. The molecule has 5 nitrogen and oxygen atoms in total.